The number of halogens is 2. The van der Waals surface area contributed by atoms with Crippen molar-refractivity contribution in [3.63, 3.8) is 0 Å². The van der Waals surface area contributed by atoms with E-state index in [9.17, 15) is 4.79 Å². The molecule has 0 aromatic carbocycles. The number of nitrogens with one attached hydrogen (secondary N) is 1. The minimum Gasteiger partial charge on any atom is -0.356 e. The summed E-state index contributed by atoms with van der Waals surface area (Å²) in [5.74, 6) is 0.0875. The Hall–Kier alpha value is -0.0600. The highest BCUT2D eigenvalue weighted by molar-refractivity contribution is 9.09. The third-order valence-electron chi connectivity index (χ3n) is 1.64. The lowest BCUT2D eigenvalue weighted by Crippen LogP contribution is -2.25. The van der Waals surface area contributed by atoms with Crippen LogP contribution < -0.4 is 5.32 Å². The van der Waals surface area contributed by atoms with Gasteiger partial charge in [-0.1, -0.05) is 27.5 Å². The number of hydrogen-bond acceptors (Lipinski definition) is 2. The molecule has 0 fully saturated rings. The van der Waals surface area contributed by atoms with E-state index in [1.54, 1.807) is 11.3 Å². The molecule has 0 radical (unpaired) electrons. The van der Waals surface area contributed by atoms with Crippen molar-refractivity contribution in [1.29, 1.82) is 0 Å². The Kier molecular flexibility index (Phi) is 5.52. The van der Waals surface area contributed by atoms with Gasteiger partial charge in [0.15, 0.2) is 0 Å². The first-order valence-electron chi connectivity index (χ1n) is 4.29. The van der Waals surface area contributed by atoms with Crippen LogP contribution in [0.2, 0.25) is 4.34 Å². The van der Waals surface area contributed by atoms with Crippen LogP contribution in [-0.2, 0) is 11.2 Å². The van der Waals surface area contributed by atoms with Gasteiger partial charge in [0.1, 0.15) is 0 Å². The number of alkyl halides is 1. The molecule has 14 heavy (non-hydrogen) atoms. The minimum atomic E-state index is 0.0875. The number of thiophene rings is 1. The molecule has 1 heterocycles. The Morgan fingerprint density at radius 3 is 2.93 bits per heavy atom. The number of rotatable bonds is 5. The first kappa shape index (κ1) is 12.0. The van der Waals surface area contributed by atoms with Gasteiger partial charge in [0.05, 0.1) is 4.34 Å². The molecule has 5 heteroatoms. The van der Waals surface area contributed by atoms with E-state index in [-0.39, 0.29) is 5.91 Å². The molecule has 0 aliphatic heterocycles. The lowest BCUT2D eigenvalue weighted by atomic mass is 10.3. The van der Waals surface area contributed by atoms with Crippen LogP contribution in [0.4, 0.5) is 0 Å². The third kappa shape index (κ3) is 4.44. The molecule has 0 atom stereocenters. The summed E-state index contributed by atoms with van der Waals surface area (Å²) in [4.78, 5) is 12.3. The first-order valence-corrected chi connectivity index (χ1v) is 6.61. The van der Waals surface area contributed by atoms with Gasteiger partial charge in [-0.05, 0) is 18.6 Å². The van der Waals surface area contributed by atoms with E-state index in [2.05, 4.69) is 21.2 Å². The average Bonchev–Trinajstić information content (AvgIpc) is 2.52. The Bertz CT molecular complexity index is 303. The maximum atomic E-state index is 11.1. The minimum absolute atomic E-state index is 0.0875. The molecule has 1 aromatic heterocycles. The molecule has 0 bridgehead atoms. The van der Waals surface area contributed by atoms with Crippen LogP contribution in [0.1, 0.15) is 11.3 Å². The van der Waals surface area contributed by atoms with Gasteiger partial charge in [-0.3, -0.25) is 4.79 Å². The highest BCUT2D eigenvalue weighted by Gasteiger charge is 2.00. The monoisotopic (exact) mass is 295 g/mol. The van der Waals surface area contributed by atoms with Crippen molar-refractivity contribution >= 4 is 44.8 Å². The zero-order valence-corrected chi connectivity index (χ0v) is 10.7. The molecule has 1 rings (SSSR count). The van der Waals surface area contributed by atoms with E-state index in [0.29, 0.717) is 18.3 Å². The SMILES string of the molecule is O=C(CCBr)NCCc1ccc(Cl)s1. The summed E-state index contributed by atoms with van der Waals surface area (Å²) in [5.41, 5.74) is 0. The van der Waals surface area contributed by atoms with Crippen LogP contribution in [0.3, 0.4) is 0 Å². The summed E-state index contributed by atoms with van der Waals surface area (Å²) in [6, 6.07) is 3.87. The molecular formula is C9H11BrClNOS. The summed E-state index contributed by atoms with van der Waals surface area (Å²) < 4.78 is 0.798. The lowest BCUT2D eigenvalue weighted by molar-refractivity contribution is -0.120. The Morgan fingerprint density at radius 2 is 2.36 bits per heavy atom. The second-order valence-corrected chi connectivity index (χ2v) is 5.34. The maximum absolute atomic E-state index is 11.1. The fourth-order valence-electron chi connectivity index (χ4n) is 0.985. The predicted molar refractivity (Wildman–Crippen MR) is 64.5 cm³/mol. The standard InChI is InChI=1S/C9H11BrClNOS/c10-5-3-9(13)12-6-4-7-1-2-8(11)14-7/h1-2H,3-6H2,(H,12,13). The van der Waals surface area contributed by atoms with Gasteiger partial charge in [0.25, 0.3) is 0 Å². The summed E-state index contributed by atoms with van der Waals surface area (Å²) in [6.45, 7) is 0.683. The van der Waals surface area contributed by atoms with Crippen LogP contribution in [0.15, 0.2) is 12.1 Å². The molecule has 1 N–H and O–H groups in total. The largest absolute Gasteiger partial charge is 0.356 e. The van der Waals surface area contributed by atoms with E-state index in [4.69, 9.17) is 11.6 Å². The van der Waals surface area contributed by atoms with Gasteiger partial charge in [0, 0.05) is 23.2 Å². The predicted octanol–water partition coefficient (Wildman–Crippen LogP) is 2.85. The van der Waals surface area contributed by atoms with Crippen molar-refractivity contribution in [2.75, 3.05) is 11.9 Å². The van der Waals surface area contributed by atoms with Crippen molar-refractivity contribution in [3.05, 3.63) is 21.3 Å². The van der Waals surface area contributed by atoms with Crippen LogP contribution in [0.5, 0.6) is 0 Å². The number of amides is 1. The molecule has 0 aliphatic carbocycles. The number of hydrogen-bond donors (Lipinski definition) is 1. The molecule has 2 nitrogen and oxygen atoms in total. The van der Waals surface area contributed by atoms with Gasteiger partial charge in [-0.2, -0.15) is 0 Å². The zero-order chi connectivity index (χ0) is 10.4. The molecule has 0 spiro atoms. The van der Waals surface area contributed by atoms with Gasteiger partial charge >= 0.3 is 0 Å². The second-order valence-electron chi connectivity index (χ2n) is 2.74. The summed E-state index contributed by atoms with van der Waals surface area (Å²) in [6.07, 6.45) is 1.39. The zero-order valence-electron chi connectivity index (χ0n) is 7.56. The first-order chi connectivity index (χ1) is 6.72. The molecule has 1 aromatic rings. The molecule has 0 aliphatic rings. The van der Waals surface area contributed by atoms with Gasteiger partial charge in [-0.15, -0.1) is 11.3 Å². The summed E-state index contributed by atoms with van der Waals surface area (Å²) in [5, 5.41) is 3.55. The van der Waals surface area contributed by atoms with Crippen LogP contribution in [-0.4, -0.2) is 17.8 Å². The second kappa shape index (κ2) is 6.43. The fraction of sp³-hybridized carbons (Fsp3) is 0.444. The highest BCUT2D eigenvalue weighted by Crippen LogP contribution is 2.21. The van der Waals surface area contributed by atoms with Crippen molar-refractivity contribution in [2.45, 2.75) is 12.8 Å². The Labute approximate surface area is 101 Å². The van der Waals surface area contributed by atoms with E-state index in [1.807, 2.05) is 12.1 Å². The third-order valence-corrected chi connectivity index (χ3v) is 3.33. The van der Waals surface area contributed by atoms with Crippen molar-refractivity contribution in [1.82, 2.24) is 5.32 Å². The smallest absolute Gasteiger partial charge is 0.220 e. The molecule has 78 valence electrons. The molecular weight excluding hydrogens is 286 g/mol. The van der Waals surface area contributed by atoms with Crippen LogP contribution in [0, 0.1) is 0 Å². The van der Waals surface area contributed by atoms with Crippen molar-refractivity contribution < 1.29 is 4.79 Å². The topological polar surface area (TPSA) is 29.1 Å². The quantitative estimate of drug-likeness (QED) is 0.832. The molecule has 0 saturated heterocycles. The molecule has 0 saturated carbocycles. The van der Waals surface area contributed by atoms with Crippen molar-refractivity contribution in [3.8, 4) is 0 Å². The lowest BCUT2D eigenvalue weighted by Gasteiger charge is -2.01. The van der Waals surface area contributed by atoms with Gasteiger partial charge in [0.2, 0.25) is 5.91 Å². The van der Waals surface area contributed by atoms with Gasteiger partial charge < -0.3 is 5.32 Å². The van der Waals surface area contributed by atoms with E-state index in [1.165, 1.54) is 4.88 Å². The highest BCUT2D eigenvalue weighted by atomic mass is 79.9. The van der Waals surface area contributed by atoms with Crippen molar-refractivity contribution in [2.24, 2.45) is 0 Å². The van der Waals surface area contributed by atoms with E-state index >= 15 is 0 Å². The number of carbonyl (C=O) groups is 1. The van der Waals surface area contributed by atoms with E-state index in [0.717, 1.165) is 10.8 Å². The average molecular weight is 297 g/mol. The van der Waals surface area contributed by atoms with E-state index < -0.39 is 0 Å². The molecule has 0 unspecified atom stereocenters. The van der Waals surface area contributed by atoms with Gasteiger partial charge in [-0.25, -0.2) is 0 Å². The maximum Gasteiger partial charge on any atom is 0.220 e. The van der Waals surface area contributed by atoms with Crippen LogP contribution >= 0.6 is 38.9 Å². The summed E-state index contributed by atoms with van der Waals surface area (Å²) >= 11 is 10.5. The normalized spacial score (nSPS) is 10.1. The fourth-order valence-corrected chi connectivity index (χ4v) is 2.43. The van der Waals surface area contributed by atoms with Crippen LogP contribution in [0.25, 0.3) is 0 Å². The molecule has 1 amide bonds. The Morgan fingerprint density at radius 1 is 1.57 bits per heavy atom. The Balaban J connectivity index is 2.18. The number of carbonyl (C=O) groups excluding carboxylic acids is 1. The summed E-state index contributed by atoms with van der Waals surface area (Å²) in [7, 11) is 0.